The van der Waals surface area contributed by atoms with E-state index in [9.17, 15) is 9.59 Å². The van der Waals surface area contributed by atoms with Gasteiger partial charge in [0.2, 0.25) is 11.8 Å². The summed E-state index contributed by atoms with van der Waals surface area (Å²) in [5, 5.41) is 12.0. The Morgan fingerprint density at radius 2 is 1.83 bits per heavy atom. The van der Waals surface area contributed by atoms with Gasteiger partial charge in [0.25, 0.3) is 0 Å². The molecular weight excluding hydrogens is 290 g/mol. The van der Waals surface area contributed by atoms with Gasteiger partial charge in [-0.15, -0.1) is 0 Å². The summed E-state index contributed by atoms with van der Waals surface area (Å²) in [7, 11) is 0. The number of rotatable bonds is 5. The highest BCUT2D eigenvalue weighted by Gasteiger charge is 2.31. The second-order valence-corrected chi connectivity index (χ2v) is 7.68. The standard InChI is InChI=1S/C18H31N3O2/c1-6-21(12-13(2)11-19)16(22)14-7-9-15(10-8-14)20-17(23)18(3,4)5/h13-15H,6-10,12H2,1-5H3,(H,20,23). The Balaban J connectivity index is 2.50. The molecule has 0 bridgehead atoms. The lowest BCUT2D eigenvalue weighted by molar-refractivity contribution is -0.137. The number of nitriles is 1. The predicted molar refractivity (Wildman–Crippen MR) is 90.4 cm³/mol. The van der Waals surface area contributed by atoms with E-state index >= 15 is 0 Å². The number of hydrogen-bond acceptors (Lipinski definition) is 3. The van der Waals surface area contributed by atoms with E-state index in [2.05, 4.69) is 11.4 Å². The summed E-state index contributed by atoms with van der Waals surface area (Å²) in [5.41, 5.74) is -0.376. The molecule has 5 heteroatoms. The van der Waals surface area contributed by atoms with E-state index in [0.29, 0.717) is 13.1 Å². The first-order valence-corrected chi connectivity index (χ1v) is 8.68. The van der Waals surface area contributed by atoms with Crippen LogP contribution < -0.4 is 5.32 Å². The lowest BCUT2D eigenvalue weighted by Crippen LogP contribution is -2.45. The van der Waals surface area contributed by atoms with E-state index in [4.69, 9.17) is 5.26 Å². The summed E-state index contributed by atoms with van der Waals surface area (Å²) in [6.45, 7) is 10.7. The van der Waals surface area contributed by atoms with E-state index in [1.807, 2.05) is 34.6 Å². The number of amides is 2. The van der Waals surface area contributed by atoms with Crippen molar-refractivity contribution in [3.05, 3.63) is 0 Å². The highest BCUT2D eigenvalue weighted by Crippen LogP contribution is 2.27. The molecule has 0 aromatic carbocycles. The molecule has 1 N–H and O–H groups in total. The molecule has 0 aromatic heterocycles. The maximum atomic E-state index is 12.6. The average Bonchev–Trinajstić information content (AvgIpc) is 2.51. The monoisotopic (exact) mass is 321 g/mol. The fourth-order valence-corrected chi connectivity index (χ4v) is 2.89. The van der Waals surface area contributed by atoms with Crippen LogP contribution in [0.3, 0.4) is 0 Å². The van der Waals surface area contributed by atoms with Gasteiger partial charge in [-0.3, -0.25) is 9.59 Å². The average molecular weight is 321 g/mol. The van der Waals surface area contributed by atoms with Gasteiger partial charge >= 0.3 is 0 Å². The molecule has 0 radical (unpaired) electrons. The van der Waals surface area contributed by atoms with Gasteiger partial charge in [-0.25, -0.2) is 0 Å². The Morgan fingerprint density at radius 3 is 2.26 bits per heavy atom. The van der Waals surface area contributed by atoms with Crippen LogP contribution in [0.15, 0.2) is 0 Å². The molecule has 0 aliphatic heterocycles. The fourth-order valence-electron chi connectivity index (χ4n) is 2.89. The molecule has 1 aliphatic rings. The van der Waals surface area contributed by atoms with E-state index in [0.717, 1.165) is 25.7 Å². The molecule has 130 valence electrons. The second kappa shape index (κ2) is 8.33. The van der Waals surface area contributed by atoms with Crippen molar-refractivity contribution in [1.29, 1.82) is 5.26 Å². The summed E-state index contributed by atoms with van der Waals surface area (Å²) in [6, 6.07) is 2.37. The first kappa shape index (κ1) is 19.5. The number of nitrogens with zero attached hydrogens (tertiary/aromatic N) is 2. The number of hydrogen-bond donors (Lipinski definition) is 1. The van der Waals surface area contributed by atoms with Crippen molar-refractivity contribution in [3.8, 4) is 6.07 Å². The lowest BCUT2D eigenvalue weighted by atomic mass is 9.84. The zero-order valence-electron chi connectivity index (χ0n) is 15.2. The molecule has 23 heavy (non-hydrogen) atoms. The van der Waals surface area contributed by atoms with Crippen LogP contribution in [0.1, 0.15) is 60.3 Å². The van der Waals surface area contributed by atoms with Gasteiger partial charge in [-0.1, -0.05) is 20.8 Å². The number of nitrogens with one attached hydrogen (secondary N) is 1. The minimum Gasteiger partial charge on any atom is -0.353 e. The maximum absolute atomic E-state index is 12.6. The Morgan fingerprint density at radius 1 is 1.26 bits per heavy atom. The third-order valence-electron chi connectivity index (χ3n) is 4.50. The van der Waals surface area contributed by atoms with Crippen molar-refractivity contribution in [3.63, 3.8) is 0 Å². The molecule has 0 aromatic rings. The quantitative estimate of drug-likeness (QED) is 0.846. The SMILES string of the molecule is CCN(CC(C)C#N)C(=O)C1CCC(NC(=O)C(C)(C)C)CC1. The molecular formula is C18H31N3O2. The highest BCUT2D eigenvalue weighted by molar-refractivity contribution is 5.82. The Bertz CT molecular complexity index is 454. The number of carbonyl (C=O) groups is 2. The lowest BCUT2D eigenvalue weighted by Gasteiger charge is -2.33. The summed E-state index contributed by atoms with van der Waals surface area (Å²) in [5.74, 6) is 0.130. The van der Waals surface area contributed by atoms with Crippen LogP contribution in [0.2, 0.25) is 0 Å². The fraction of sp³-hybridized carbons (Fsp3) is 0.833. The van der Waals surface area contributed by atoms with E-state index in [1.54, 1.807) is 4.90 Å². The molecule has 1 atom stereocenters. The largest absolute Gasteiger partial charge is 0.353 e. The van der Waals surface area contributed by atoms with Crippen molar-refractivity contribution in [1.82, 2.24) is 10.2 Å². The van der Waals surface area contributed by atoms with Crippen LogP contribution in [0.5, 0.6) is 0 Å². The van der Waals surface area contributed by atoms with Gasteiger partial charge in [-0.05, 0) is 39.5 Å². The minimum atomic E-state index is -0.376. The molecule has 1 saturated carbocycles. The van der Waals surface area contributed by atoms with Gasteiger partial charge in [0, 0.05) is 30.5 Å². The normalized spacial score (nSPS) is 22.8. The van der Waals surface area contributed by atoms with Crippen molar-refractivity contribution in [2.45, 2.75) is 66.3 Å². The van der Waals surface area contributed by atoms with Gasteiger partial charge < -0.3 is 10.2 Å². The topological polar surface area (TPSA) is 73.2 Å². The first-order valence-electron chi connectivity index (χ1n) is 8.68. The Hall–Kier alpha value is -1.57. The molecule has 2 amide bonds. The highest BCUT2D eigenvalue weighted by atomic mass is 16.2. The van der Waals surface area contributed by atoms with Crippen LogP contribution in [0, 0.1) is 28.6 Å². The first-order chi connectivity index (χ1) is 10.7. The summed E-state index contributed by atoms with van der Waals surface area (Å²) in [4.78, 5) is 26.4. The molecule has 1 aliphatic carbocycles. The third-order valence-corrected chi connectivity index (χ3v) is 4.50. The summed E-state index contributed by atoms with van der Waals surface area (Å²) >= 11 is 0. The molecule has 0 heterocycles. The van der Waals surface area contributed by atoms with Gasteiger partial charge in [-0.2, -0.15) is 5.26 Å². The third kappa shape index (κ3) is 5.85. The molecule has 1 fully saturated rings. The summed E-state index contributed by atoms with van der Waals surface area (Å²) < 4.78 is 0. The number of carbonyl (C=O) groups excluding carboxylic acids is 2. The second-order valence-electron chi connectivity index (χ2n) is 7.68. The van der Waals surface area contributed by atoms with Crippen molar-refractivity contribution < 1.29 is 9.59 Å². The predicted octanol–water partition coefficient (Wildman–Crippen LogP) is 2.72. The Labute approximate surface area is 140 Å². The van der Waals surface area contributed by atoms with Gasteiger partial charge in [0.1, 0.15) is 0 Å². The van der Waals surface area contributed by atoms with Crippen molar-refractivity contribution in [2.24, 2.45) is 17.3 Å². The zero-order chi connectivity index (χ0) is 17.6. The van der Waals surface area contributed by atoms with Crippen molar-refractivity contribution in [2.75, 3.05) is 13.1 Å². The molecule has 5 nitrogen and oxygen atoms in total. The van der Waals surface area contributed by atoms with Crippen LogP contribution >= 0.6 is 0 Å². The summed E-state index contributed by atoms with van der Waals surface area (Å²) in [6.07, 6.45) is 3.32. The molecule has 1 unspecified atom stereocenters. The van der Waals surface area contributed by atoms with Crippen LogP contribution in [-0.2, 0) is 9.59 Å². The maximum Gasteiger partial charge on any atom is 0.225 e. The van der Waals surface area contributed by atoms with Crippen molar-refractivity contribution >= 4 is 11.8 Å². The zero-order valence-corrected chi connectivity index (χ0v) is 15.2. The van der Waals surface area contributed by atoms with E-state index < -0.39 is 0 Å². The van der Waals surface area contributed by atoms with Crippen LogP contribution in [0.25, 0.3) is 0 Å². The molecule has 0 saturated heterocycles. The van der Waals surface area contributed by atoms with Crippen LogP contribution in [0.4, 0.5) is 0 Å². The van der Waals surface area contributed by atoms with Gasteiger partial charge in [0.15, 0.2) is 0 Å². The van der Waals surface area contributed by atoms with E-state index in [1.165, 1.54) is 0 Å². The Kier molecular flexibility index (Phi) is 7.05. The minimum absolute atomic E-state index is 0.0311. The van der Waals surface area contributed by atoms with E-state index in [-0.39, 0.29) is 35.1 Å². The molecule has 1 rings (SSSR count). The van der Waals surface area contributed by atoms with Gasteiger partial charge in [0.05, 0.1) is 12.0 Å². The smallest absolute Gasteiger partial charge is 0.225 e. The molecule has 0 spiro atoms. The van der Waals surface area contributed by atoms with Crippen LogP contribution in [-0.4, -0.2) is 35.8 Å².